The lowest BCUT2D eigenvalue weighted by atomic mass is 10.2. The van der Waals surface area contributed by atoms with Crippen LogP contribution in [0.3, 0.4) is 0 Å². The van der Waals surface area contributed by atoms with Crippen LogP contribution in [0.25, 0.3) is 6.08 Å². The molecule has 122 valence electrons. The highest BCUT2D eigenvalue weighted by Crippen LogP contribution is 2.33. The van der Waals surface area contributed by atoms with Gasteiger partial charge in [0.2, 0.25) is 0 Å². The molecule has 6 heteroatoms. The van der Waals surface area contributed by atoms with Gasteiger partial charge in [-0.2, -0.15) is 0 Å². The standard InChI is InChI=1S/C18H14FNO3S/c1-23-15-8-4-12(5-9-15)10-16-17(21)20(18(22)24-16)11-13-2-6-14(19)7-3-13/h2-10H,11H2,1H3/b16-10+. The second kappa shape index (κ2) is 6.88. The number of hydrogen-bond acceptors (Lipinski definition) is 4. The lowest BCUT2D eigenvalue weighted by Crippen LogP contribution is -2.27. The third kappa shape index (κ3) is 3.49. The van der Waals surface area contributed by atoms with Crippen molar-refractivity contribution in [2.75, 3.05) is 7.11 Å². The maximum absolute atomic E-state index is 12.9. The van der Waals surface area contributed by atoms with Crippen LogP contribution in [-0.4, -0.2) is 23.2 Å². The van der Waals surface area contributed by atoms with Gasteiger partial charge in [-0.15, -0.1) is 0 Å². The fraction of sp³-hybridized carbons (Fsp3) is 0.111. The van der Waals surface area contributed by atoms with Crippen molar-refractivity contribution in [3.05, 3.63) is 70.4 Å². The zero-order chi connectivity index (χ0) is 17.1. The molecule has 1 fully saturated rings. The minimum Gasteiger partial charge on any atom is -0.497 e. The molecule has 1 aliphatic rings. The van der Waals surface area contributed by atoms with Crippen molar-refractivity contribution in [1.82, 2.24) is 4.90 Å². The topological polar surface area (TPSA) is 46.6 Å². The predicted molar refractivity (Wildman–Crippen MR) is 90.9 cm³/mol. The highest BCUT2D eigenvalue weighted by atomic mass is 32.2. The Kier molecular flexibility index (Phi) is 4.66. The molecule has 0 aliphatic carbocycles. The van der Waals surface area contributed by atoms with Crippen LogP contribution in [0.15, 0.2) is 53.4 Å². The van der Waals surface area contributed by atoms with E-state index in [1.165, 1.54) is 12.1 Å². The molecule has 2 amide bonds. The number of hydrogen-bond donors (Lipinski definition) is 0. The first-order chi connectivity index (χ1) is 11.6. The van der Waals surface area contributed by atoms with Crippen LogP contribution in [-0.2, 0) is 11.3 Å². The van der Waals surface area contributed by atoms with E-state index in [-0.39, 0.29) is 23.5 Å². The monoisotopic (exact) mass is 343 g/mol. The Balaban J connectivity index is 1.77. The van der Waals surface area contributed by atoms with Gasteiger partial charge < -0.3 is 4.74 Å². The Morgan fingerprint density at radius 3 is 2.38 bits per heavy atom. The van der Waals surface area contributed by atoms with Gasteiger partial charge in [0.25, 0.3) is 11.1 Å². The first kappa shape index (κ1) is 16.3. The third-order valence-electron chi connectivity index (χ3n) is 3.54. The molecule has 0 spiro atoms. The van der Waals surface area contributed by atoms with Crippen molar-refractivity contribution in [2.45, 2.75) is 6.54 Å². The van der Waals surface area contributed by atoms with Crippen LogP contribution in [0.5, 0.6) is 5.75 Å². The SMILES string of the molecule is COc1ccc(/C=C2/SC(=O)N(Cc3ccc(F)cc3)C2=O)cc1. The van der Waals surface area contributed by atoms with Gasteiger partial charge in [0.1, 0.15) is 11.6 Å². The Hall–Kier alpha value is -2.60. The van der Waals surface area contributed by atoms with Crippen LogP contribution >= 0.6 is 11.8 Å². The lowest BCUT2D eigenvalue weighted by Gasteiger charge is -2.12. The second-order valence-electron chi connectivity index (χ2n) is 5.17. The van der Waals surface area contributed by atoms with E-state index in [4.69, 9.17) is 4.74 Å². The second-order valence-corrected chi connectivity index (χ2v) is 6.16. The molecule has 0 radical (unpaired) electrons. The van der Waals surface area contributed by atoms with Crippen LogP contribution in [0.2, 0.25) is 0 Å². The van der Waals surface area contributed by atoms with Gasteiger partial charge in [-0.3, -0.25) is 14.5 Å². The van der Waals surface area contributed by atoms with E-state index in [2.05, 4.69) is 0 Å². The van der Waals surface area contributed by atoms with Crippen molar-refractivity contribution < 1.29 is 18.7 Å². The number of benzene rings is 2. The molecule has 0 atom stereocenters. The summed E-state index contributed by atoms with van der Waals surface area (Å²) in [5.41, 5.74) is 1.51. The molecular weight excluding hydrogens is 329 g/mol. The minimum atomic E-state index is -0.354. The molecule has 2 aromatic rings. The number of thioether (sulfide) groups is 1. The Morgan fingerprint density at radius 2 is 1.75 bits per heavy atom. The van der Waals surface area contributed by atoms with E-state index < -0.39 is 0 Å². The number of carbonyl (C=O) groups is 2. The van der Waals surface area contributed by atoms with Crippen LogP contribution < -0.4 is 4.74 Å². The summed E-state index contributed by atoms with van der Waals surface area (Å²) in [7, 11) is 1.58. The molecule has 0 aromatic heterocycles. The van der Waals surface area contributed by atoms with Crippen molar-refractivity contribution >= 4 is 29.0 Å². The Bertz CT molecular complexity index is 800. The summed E-state index contributed by atoms with van der Waals surface area (Å²) in [5, 5.41) is -0.330. The first-order valence-electron chi connectivity index (χ1n) is 7.20. The summed E-state index contributed by atoms with van der Waals surface area (Å²) in [5.74, 6) is 0.0222. The number of imide groups is 1. The molecule has 2 aromatic carbocycles. The molecule has 0 N–H and O–H groups in total. The van der Waals surface area contributed by atoms with Gasteiger partial charge in [-0.05, 0) is 53.2 Å². The van der Waals surface area contributed by atoms with Crippen molar-refractivity contribution in [3.63, 3.8) is 0 Å². The fourth-order valence-corrected chi connectivity index (χ4v) is 3.10. The molecule has 1 aliphatic heterocycles. The van der Waals surface area contributed by atoms with Gasteiger partial charge >= 0.3 is 0 Å². The average Bonchev–Trinajstić information content (AvgIpc) is 2.85. The van der Waals surface area contributed by atoms with Crippen LogP contribution in [0.4, 0.5) is 9.18 Å². The summed E-state index contributed by atoms with van der Waals surface area (Å²) < 4.78 is 18.0. The molecule has 0 bridgehead atoms. The number of carbonyl (C=O) groups excluding carboxylic acids is 2. The maximum atomic E-state index is 12.9. The molecular formula is C18H14FNO3S. The maximum Gasteiger partial charge on any atom is 0.293 e. The Morgan fingerprint density at radius 1 is 1.08 bits per heavy atom. The van der Waals surface area contributed by atoms with Crippen molar-refractivity contribution in [3.8, 4) is 5.75 Å². The fourth-order valence-electron chi connectivity index (χ4n) is 2.26. The number of halogens is 1. The minimum absolute atomic E-state index is 0.130. The molecule has 0 saturated carbocycles. The van der Waals surface area contributed by atoms with E-state index in [0.29, 0.717) is 10.5 Å². The summed E-state index contributed by atoms with van der Waals surface area (Å²) in [6.07, 6.45) is 1.68. The number of nitrogens with zero attached hydrogens (tertiary/aromatic N) is 1. The highest BCUT2D eigenvalue weighted by molar-refractivity contribution is 8.18. The lowest BCUT2D eigenvalue weighted by molar-refractivity contribution is -0.123. The number of amides is 2. The molecule has 3 rings (SSSR count). The van der Waals surface area contributed by atoms with Crippen LogP contribution in [0, 0.1) is 5.82 Å². The summed E-state index contributed by atoms with van der Waals surface area (Å²) >= 11 is 0.902. The van der Waals surface area contributed by atoms with E-state index in [1.54, 1.807) is 37.5 Å². The van der Waals surface area contributed by atoms with Crippen LogP contribution in [0.1, 0.15) is 11.1 Å². The molecule has 0 unspecified atom stereocenters. The van der Waals surface area contributed by atoms with E-state index in [1.807, 2.05) is 12.1 Å². The number of methoxy groups -OCH3 is 1. The van der Waals surface area contributed by atoms with Crippen molar-refractivity contribution in [1.29, 1.82) is 0 Å². The largest absolute Gasteiger partial charge is 0.497 e. The molecule has 24 heavy (non-hydrogen) atoms. The molecule has 1 saturated heterocycles. The van der Waals surface area contributed by atoms with E-state index in [0.717, 1.165) is 28.0 Å². The third-order valence-corrected chi connectivity index (χ3v) is 4.45. The zero-order valence-corrected chi connectivity index (χ0v) is 13.7. The van der Waals surface area contributed by atoms with E-state index in [9.17, 15) is 14.0 Å². The zero-order valence-electron chi connectivity index (χ0n) is 12.9. The molecule has 1 heterocycles. The summed E-state index contributed by atoms with van der Waals surface area (Å²) in [4.78, 5) is 26.0. The van der Waals surface area contributed by atoms with Gasteiger partial charge in [0, 0.05) is 0 Å². The smallest absolute Gasteiger partial charge is 0.293 e. The van der Waals surface area contributed by atoms with Crippen molar-refractivity contribution in [2.24, 2.45) is 0 Å². The average molecular weight is 343 g/mol. The van der Waals surface area contributed by atoms with Gasteiger partial charge in [-0.1, -0.05) is 24.3 Å². The number of rotatable bonds is 4. The molecule has 4 nitrogen and oxygen atoms in total. The Labute approximate surface area is 142 Å². The summed E-state index contributed by atoms with van der Waals surface area (Å²) in [6.45, 7) is 0.130. The van der Waals surface area contributed by atoms with E-state index >= 15 is 0 Å². The van der Waals surface area contributed by atoms with Gasteiger partial charge in [0.05, 0.1) is 18.6 Å². The van der Waals surface area contributed by atoms with Gasteiger partial charge in [-0.25, -0.2) is 4.39 Å². The van der Waals surface area contributed by atoms with Gasteiger partial charge in [0.15, 0.2) is 0 Å². The normalized spacial score (nSPS) is 16.1. The quantitative estimate of drug-likeness (QED) is 0.785. The first-order valence-corrected chi connectivity index (χ1v) is 8.02. The predicted octanol–water partition coefficient (Wildman–Crippen LogP) is 4.07. The number of ether oxygens (including phenoxy) is 1. The summed E-state index contributed by atoms with van der Waals surface area (Å²) in [6, 6.07) is 12.9. The highest BCUT2D eigenvalue weighted by Gasteiger charge is 2.34.